The molecule has 0 radical (unpaired) electrons. The summed E-state index contributed by atoms with van der Waals surface area (Å²) in [6.45, 7) is 1.32. The maximum Gasteiger partial charge on any atom is 0.393 e. The molecule has 17 heavy (non-hydrogen) atoms. The summed E-state index contributed by atoms with van der Waals surface area (Å²) in [4.78, 5) is 21.0. The summed E-state index contributed by atoms with van der Waals surface area (Å²) in [7, 11) is 0. The standard InChI is InChI=1S/C10H9F2NO3S/c1-6(14)13-7-2-4-8(5-3-7)17-10(11,12)9(15)16/h2-5H,1H3,(H,13,14)(H,15,16). The molecule has 1 rings (SSSR count). The van der Waals surface area contributed by atoms with Crippen LogP contribution >= 0.6 is 11.8 Å². The molecule has 7 heteroatoms. The Bertz CT molecular complexity index is 434. The second kappa shape index (κ2) is 5.13. The van der Waals surface area contributed by atoms with E-state index in [1.807, 2.05) is 0 Å². The summed E-state index contributed by atoms with van der Waals surface area (Å²) in [6.07, 6.45) is 0. The number of carbonyl (C=O) groups is 2. The van der Waals surface area contributed by atoms with E-state index in [9.17, 15) is 18.4 Å². The third-order valence-corrected chi connectivity index (χ3v) is 2.61. The van der Waals surface area contributed by atoms with Crippen molar-refractivity contribution in [3.05, 3.63) is 24.3 Å². The summed E-state index contributed by atoms with van der Waals surface area (Å²) in [5.74, 6) is -2.46. The Balaban J connectivity index is 2.75. The largest absolute Gasteiger partial charge is 0.476 e. The van der Waals surface area contributed by atoms with E-state index in [4.69, 9.17) is 5.11 Å². The lowest BCUT2D eigenvalue weighted by molar-refractivity contribution is -0.152. The van der Waals surface area contributed by atoms with Crippen molar-refractivity contribution in [3.8, 4) is 0 Å². The van der Waals surface area contributed by atoms with E-state index in [1.54, 1.807) is 0 Å². The minimum Gasteiger partial charge on any atom is -0.476 e. The minimum atomic E-state index is -3.87. The van der Waals surface area contributed by atoms with E-state index in [0.29, 0.717) is 5.69 Å². The Morgan fingerprint density at radius 3 is 2.24 bits per heavy atom. The average molecular weight is 261 g/mol. The van der Waals surface area contributed by atoms with Crippen LogP contribution in [-0.2, 0) is 9.59 Å². The fourth-order valence-electron chi connectivity index (χ4n) is 1.00. The summed E-state index contributed by atoms with van der Waals surface area (Å²) in [5, 5.41) is 6.85. The van der Waals surface area contributed by atoms with Gasteiger partial charge in [-0.15, -0.1) is 0 Å². The fraction of sp³-hybridized carbons (Fsp3) is 0.200. The Hall–Kier alpha value is -1.63. The molecule has 0 heterocycles. The van der Waals surface area contributed by atoms with Gasteiger partial charge in [-0.2, -0.15) is 8.78 Å². The van der Waals surface area contributed by atoms with Crippen LogP contribution in [0.1, 0.15) is 6.92 Å². The first-order valence-electron chi connectivity index (χ1n) is 4.49. The van der Waals surface area contributed by atoms with Gasteiger partial charge in [0.05, 0.1) is 0 Å². The van der Waals surface area contributed by atoms with Gasteiger partial charge in [-0.25, -0.2) is 4.79 Å². The lowest BCUT2D eigenvalue weighted by atomic mass is 10.3. The van der Waals surface area contributed by atoms with Crippen molar-refractivity contribution >= 4 is 29.3 Å². The van der Waals surface area contributed by atoms with E-state index in [-0.39, 0.29) is 22.6 Å². The molecule has 4 nitrogen and oxygen atoms in total. The zero-order valence-corrected chi connectivity index (χ0v) is 9.55. The number of carboxylic acid groups (broad SMARTS) is 1. The normalized spacial score (nSPS) is 11.0. The van der Waals surface area contributed by atoms with Gasteiger partial charge in [-0.1, -0.05) is 0 Å². The maximum absolute atomic E-state index is 12.8. The molecule has 0 spiro atoms. The van der Waals surface area contributed by atoms with Crippen molar-refractivity contribution in [2.75, 3.05) is 5.32 Å². The minimum absolute atomic E-state index is 0.0640. The molecular weight excluding hydrogens is 252 g/mol. The molecule has 0 aliphatic carbocycles. The SMILES string of the molecule is CC(=O)Nc1ccc(SC(F)(F)C(=O)O)cc1. The Morgan fingerprint density at radius 2 is 1.82 bits per heavy atom. The van der Waals surface area contributed by atoms with Crippen molar-refractivity contribution in [1.82, 2.24) is 0 Å². The number of nitrogens with one attached hydrogen (secondary N) is 1. The molecule has 0 fully saturated rings. The van der Waals surface area contributed by atoms with Crippen molar-refractivity contribution in [2.45, 2.75) is 17.1 Å². The number of rotatable bonds is 4. The van der Waals surface area contributed by atoms with Crippen molar-refractivity contribution in [3.63, 3.8) is 0 Å². The predicted octanol–water partition coefficient (Wildman–Crippen LogP) is 2.41. The number of benzene rings is 1. The Kier molecular flexibility index (Phi) is 4.06. The second-order valence-electron chi connectivity index (χ2n) is 3.13. The summed E-state index contributed by atoms with van der Waals surface area (Å²) >= 11 is -0.0640. The molecular formula is C10H9F2NO3S. The highest BCUT2D eigenvalue weighted by Gasteiger charge is 2.40. The molecule has 0 atom stereocenters. The third-order valence-electron chi connectivity index (χ3n) is 1.67. The van der Waals surface area contributed by atoms with E-state index >= 15 is 0 Å². The zero-order valence-electron chi connectivity index (χ0n) is 8.74. The van der Waals surface area contributed by atoms with E-state index < -0.39 is 11.2 Å². The first-order valence-corrected chi connectivity index (χ1v) is 5.31. The summed E-state index contributed by atoms with van der Waals surface area (Å²) in [5.41, 5.74) is 0.459. The van der Waals surface area contributed by atoms with Crippen LogP contribution in [0.4, 0.5) is 14.5 Å². The second-order valence-corrected chi connectivity index (χ2v) is 4.32. The van der Waals surface area contributed by atoms with Crippen LogP contribution in [0.15, 0.2) is 29.2 Å². The lowest BCUT2D eigenvalue weighted by Crippen LogP contribution is -2.23. The maximum atomic E-state index is 12.8. The number of hydrogen-bond donors (Lipinski definition) is 2. The van der Waals surface area contributed by atoms with Crippen LogP contribution in [0.2, 0.25) is 0 Å². The zero-order chi connectivity index (χ0) is 13.1. The van der Waals surface area contributed by atoms with E-state index in [1.165, 1.54) is 31.2 Å². The highest BCUT2D eigenvalue weighted by atomic mass is 32.2. The third kappa shape index (κ3) is 4.03. The molecule has 0 aliphatic rings. The topological polar surface area (TPSA) is 66.4 Å². The van der Waals surface area contributed by atoms with Gasteiger partial charge < -0.3 is 10.4 Å². The van der Waals surface area contributed by atoms with E-state index in [0.717, 1.165) is 0 Å². The highest BCUT2D eigenvalue weighted by molar-refractivity contribution is 8.01. The van der Waals surface area contributed by atoms with Gasteiger partial charge in [0.1, 0.15) is 0 Å². The van der Waals surface area contributed by atoms with Gasteiger partial charge in [0.25, 0.3) is 0 Å². The van der Waals surface area contributed by atoms with Crippen molar-refractivity contribution in [1.29, 1.82) is 0 Å². The van der Waals surface area contributed by atoms with Gasteiger partial charge >= 0.3 is 11.2 Å². The first kappa shape index (κ1) is 13.4. The van der Waals surface area contributed by atoms with Crippen LogP contribution in [0.3, 0.4) is 0 Å². The first-order chi connectivity index (χ1) is 7.81. The van der Waals surface area contributed by atoms with Crippen LogP contribution in [0, 0.1) is 0 Å². The number of amides is 1. The number of anilines is 1. The van der Waals surface area contributed by atoms with Gasteiger partial charge in [0.2, 0.25) is 5.91 Å². The number of carboxylic acids is 1. The molecule has 92 valence electrons. The summed E-state index contributed by atoms with van der Waals surface area (Å²) < 4.78 is 25.7. The van der Waals surface area contributed by atoms with Crippen molar-refractivity contribution < 1.29 is 23.5 Å². The highest BCUT2D eigenvalue weighted by Crippen LogP contribution is 2.36. The molecule has 0 aromatic heterocycles. The number of carbonyl (C=O) groups excluding carboxylic acids is 1. The molecule has 0 saturated heterocycles. The number of aliphatic carboxylic acids is 1. The van der Waals surface area contributed by atoms with Gasteiger partial charge in [-0.05, 0) is 36.0 Å². The number of hydrogen-bond acceptors (Lipinski definition) is 3. The molecule has 2 N–H and O–H groups in total. The van der Waals surface area contributed by atoms with Gasteiger partial charge in [0, 0.05) is 17.5 Å². The molecule has 0 aliphatic heterocycles. The monoisotopic (exact) mass is 261 g/mol. The van der Waals surface area contributed by atoms with Crippen molar-refractivity contribution in [2.24, 2.45) is 0 Å². The smallest absolute Gasteiger partial charge is 0.393 e. The molecule has 0 unspecified atom stereocenters. The van der Waals surface area contributed by atoms with Crippen LogP contribution in [0.5, 0.6) is 0 Å². The molecule has 1 aromatic carbocycles. The molecule has 1 aromatic rings. The summed E-state index contributed by atoms with van der Waals surface area (Å²) in [6, 6.07) is 5.46. The lowest BCUT2D eigenvalue weighted by Gasteiger charge is -2.10. The fourth-order valence-corrected chi connectivity index (χ4v) is 1.66. The number of alkyl halides is 2. The number of thioether (sulfide) groups is 1. The van der Waals surface area contributed by atoms with Crippen LogP contribution in [-0.4, -0.2) is 22.2 Å². The Morgan fingerprint density at radius 1 is 1.29 bits per heavy atom. The predicted molar refractivity (Wildman–Crippen MR) is 59.2 cm³/mol. The quantitative estimate of drug-likeness (QED) is 0.817. The van der Waals surface area contributed by atoms with Gasteiger partial charge in [0.15, 0.2) is 0 Å². The molecule has 0 saturated carbocycles. The average Bonchev–Trinajstić information content (AvgIpc) is 2.19. The Labute approximate surface area is 100 Å². The number of halogens is 2. The molecule has 1 amide bonds. The van der Waals surface area contributed by atoms with Crippen LogP contribution in [0.25, 0.3) is 0 Å². The van der Waals surface area contributed by atoms with Crippen LogP contribution < -0.4 is 5.32 Å². The molecule has 0 bridgehead atoms. The van der Waals surface area contributed by atoms with Gasteiger partial charge in [-0.3, -0.25) is 4.79 Å². The van der Waals surface area contributed by atoms with E-state index in [2.05, 4.69) is 5.32 Å².